The van der Waals surface area contributed by atoms with E-state index >= 15 is 0 Å². The van der Waals surface area contributed by atoms with E-state index in [1.54, 1.807) is 14.7 Å². The van der Waals surface area contributed by atoms with E-state index in [0.29, 0.717) is 52.4 Å². The van der Waals surface area contributed by atoms with Crippen molar-refractivity contribution in [2.75, 3.05) is 78.7 Å². The predicted octanol–water partition coefficient (Wildman–Crippen LogP) is -2.27. The third-order valence-electron chi connectivity index (χ3n) is 4.29. The van der Waals surface area contributed by atoms with Gasteiger partial charge in [-0.25, -0.2) is 0 Å². The van der Waals surface area contributed by atoms with Crippen molar-refractivity contribution in [2.45, 2.75) is 6.92 Å². The van der Waals surface area contributed by atoms with Gasteiger partial charge in [-0.1, -0.05) is 0 Å². The molecule has 0 saturated carbocycles. The molecule has 0 atom stereocenters. The van der Waals surface area contributed by atoms with Gasteiger partial charge >= 0.3 is 11.9 Å². The molecule has 1 aliphatic heterocycles. The standard InChI is InChI=1S/C16H30N4O6.CH2O/c1-14(22)10-17-2-3-18(11-15(23)24)4-5-19(12-16(25)26)7-9-20(13-21)8-6-17;1-2/h21H,2-13H2,1H3,(H,23,24)(H,25,26);1H2. The van der Waals surface area contributed by atoms with Gasteiger partial charge in [0.25, 0.3) is 0 Å². The molecule has 28 heavy (non-hydrogen) atoms. The number of hydrogen-bond acceptors (Lipinski definition) is 9. The lowest BCUT2D eigenvalue weighted by molar-refractivity contribution is -0.140. The second-order valence-electron chi connectivity index (χ2n) is 6.58. The second-order valence-corrected chi connectivity index (χ2v) is 6.58. The Bertz CT molecular complexity index is 460. The van der Waals surface area contributed by atoms with Gasteiger partial charge in [-0.2, -0.15) is 0 Å². The lowest BCUT2D eigenvalue weighted by atomic mass is 10.3. The molecule has 11 nitrogen and oxygen atoms in total. The Labute approximate surface area is 165 Å². The highest BCUT2D eigenvalue weighted by molar-refractivity contribution is 5.77. The summed E-state index contributed by atoms with van der Waals surface area (Å²) in [5, 5.41) is 27.7. The maximum atomic E-state index is 11.5. The smallest absolute Gasteiger partial charge is 0.317 e. The molecule has 1 aliphatic rings. The van der Waals surface area contributed by atoms with Crippen LogP contribution in [0.15, 0.2) is 0 Å². The SMILES string of the molecule is C=O.CC(=O)CN1CCN(CO)CCN(CC(=O)O)CCN(CC(=O)O)CC1. The highest BCUT2D eigenvalue weighted by atomic mass is 16.4. The lowest BCUT2D eigenvalue weighted by Gasteiger charge is -2.32. The fourth-order valence-electron chi connectivity index (χ4n) is 2.89. The molecule has 1 saturated heterocycles. The molecule has 1 fully saturated rings. The van der Waals surface area contributed by atoms with Crippen LogP contribution in [0, 0.1) is 0 Å². The summed E-state index contributed by atoms with van der Waals surface area (Å²) in [4.78, 5) is 48.9. The number of hydrogen-bond donors (Lipinski definition) is 3. The Morgan fingerprint density at radius 1 is 0.679 bits per heavy atom. The molecule has 0 bridgehead atoms. The minimum atomic E-state index is -0.940. The van der Waals surface area contributed by atoms with E-state index in [-0.39, 0.29) is 32.1 Å². The summed E-state index contributed by atoms with van der Waals surface area (Å²) in [7, 11) is 0. The molecule has 1 rings (SSSR count). The van der Waals surface area contributed by atoms with E-state index in [2.05, 4.69) is 0 Å². The number of carboxylic acid groups (broad SMARTS) is 2. The van der Waals surface area contributed by atoms with Crippen molar-refractivity contribution in [3.05, 3.63) is 0 Å². The van der Waals surface area contributed by atoms with Crippen molar-refractivity contribution in [1.82, 2.24) is 19.6 Å². The fourth-order valence-corrected chi connectivity index (χ4v) is 2.89. The highest BCUT2D eigenvalue weighted by Crippen LogP contribution is 2.01. The number of aliphatic hydroxyl groups is 1. The average molecular weight is 404 g/mol. The van der Waals surface area contributed by atoms with Gasteiger partial charge in [-0.05, 0) is 6.92 Å². The number of carbonyl (C=O) groups is 4. The normalized spacial score (nSPS) is 18.9. The molecule has 3 N–H and O–H groups in total. The van der Waals surface area contributed by atoms with Gasteiger partial charge in [0.1, 0.15) is 12.6 Å². The van der Waals surface area contributed by atoms with E-state index in [1.165, 1.54) is 6.92 Å². The number of Topliss-reactive ketones (excluding diaryl/α,β-unsaturated/α-hetero) is 1. The number of ketones is 1. The highest BCUT2D eigenvalue weighted by Gasteiger charge is 2.19. The summed E-state index contributed by atoms with van der Waals surface area (Å²) < 4.78 is 0. The third kappa shape index (κ3) is 12.5. The summed E-state index contributed by atoms with van der Waals surface area (Å²) in [6.07, 6.45) is 0. The van der Waals surface area contributed by atoms with Gasteiger partial charge in [0.2, 0.25) is 0 Å². The molecular weight excluding hydrogens is 372 g/mol. The molecule has 0 unspecified atom stereocenters. The van der Waals surface area contributed by atoms with Crippen LogP contribution in [0.3, 0.4) is 0 Å². The molecule has 162 valence electrons. The quantitative estimate of drug-likeness (QED) is 0.423. The van der Waals surface area contributed by atoms with E-state index in [0.717, 1.165) is 0 Å². The van der Waals surface area contributed by atoms with Gasteiger partial charge < -0.3 is 20.1 Å². The molecule has 0 aromatic rings. The Balaban J connectivity index is 0.00000352. The van der Waals surface area contributed by atoms with Crippen molar-refractivity contribution in [2.24, 2.45) is 0 Å². The van der Waals surface area contributed by atoms with Crippen molar-refractivity contribution in [1.29, 1.82) is 0 Å². The zero-order valence-electron chi connectivity index (χ0n) is 16.5. The summed E-state index contributed by atoms with van der Waals surface area (Å²) in [5.74, 6) is -1.85. The summed E-state index contributed by atoms with van der Waals surface area (Å²) in [5.41, 5.74) is 0. The second kappa shape index (κ2) is 15.1. The number of nitrogens with zero attached hydrogens (tertiary/aromatic N) is 4. The molecule has 0 amide bonds. The maximum Gasteiger partial charge on any atom is 0.317 e. The lowest BCUT2D eigenvalue weighted by Crippen LogP contribution is -2.48. The van der Waals surface area contributed by atoms with Crippen molar-refractivity contribution in [3.63, 3.8) is 0 Å². The maximum absolute atomic E-state index is 11.5. The Morgan fingerprint density at radius 2 is 0.964 bits per heavy atom. The minimum absolute atomic E-state index is 0.0325. The van der Waals surface area contributed by atoms with E-state index in [9.17, 15) is 19.5 Å². The molecule has 0 aromatic heterocycles. The molecule has 1 heterocycles. The van der Waals surface area contributed by atoms with Crippen LogP contribution < -0.4 is 0 Å². The molecule has 0 aliphatic carbocycles. The minimum Gasteiger partial charge on any atom is -0.480 e. The summed E-state index contributed by atoms with van der Waals surface area (Å²) >= 11 is 0. The van der Waals surface area contributed by atoms with Gasteiger partial charge in [-0.3, -0.25) is 34.0 Å². The van der Waals surface area contributed by atoms with Gasteiger partial charge in [0, 0.05) is 52.4 Å². The first kappa shape index (κ1) is 26.1. The van der Waals surface area contributed by atoms with Crippen LogP contribution in [0.25, 0.3) is 0 Å². The van der Waals surface area contributed by atoms with Crippen molar-refractivity contribution < 1.29 is 34.5 Å². The fraction of sp³-hybridized carbons (Fsp3) is 0.765. The first-order chi connectivity index (χ1) is 13.3. The molecule has 0 spiro atoms. The first-order valence-electron chi connectivity index (χ1n) is 9.02. The number of aliphatic carboxylic acids is 2. The Kier molecular flexibility index (Phi) is 14.0. The van der Waals surface area contributed by atoms with Gasteiger partial charge in [-0.15, -0.1) is 0 Å². The van der Waals surface area contributed by atoms with Crippen LogP contribution in [0.4, 0.5) is 0 Å². The molecule has 11 heteroatoms. The first-order valence-corrected chi connectivity index (χ1v) is 9.02. The van der Waals surface area contributed by atoms with Crippen LogP contribution in [0.2, 0.25) is 0 Å². The summed E-state index contributed by atoms with van der Waals surface area (Å²) in [6.45, 7) is 7.32. The Hall–Kier alpha value is -1.92. The van der Waals surface area contributed by atoms with Crippen LogP contribution in [0.5, 0.6) is 0 Å². The largest absolute Gasteiger partial charge is 0.480 e. The topological polar surface area (TPSA) is 142 Å². The Morgan fingerprint density at radius 3 is 1.21 bits per heavy atom. The number of aliphatic hydroxyl groups excluding tert-OH is 1. The van der Waals surface area contributed by atoms with E-state index in [1.807, 2.05) is 11.7 Å². The molecule has 0 radical (unpaired) electrons. The van der Waals surface area contributed by atoms with Crippen LogP contribution >= 0.6 is 0 Å². The van der Waals surface area contributed by atoms with E-state index < -0.39 is 11.9 Å². The zero-order valence-corrected chi connectivity index (χ0v) is 16.5. The van der Waals surface area contributed by atoms with Crippen LogP contribution in [-0.4, -0.2) is 138 Å². The van der Waals surface area contributed by atoms with E-state index in [4.69, 9.17) is 15.0 Å². The van der Waals surface area contributed by atoms with Crippen molar-refractivity contribution in [3.8, 4) is 0 Å². The van der Waals surface area contributed by atoms with Crippen molar-refractivity contribution >= 4 is 24.5 Å². The average Bonchev–Trinajstić information content (AvgIpc) is 2.62. The van der Waals surface area contributed by atoms with Gasteiger partial charge in [0.05, 0.1) is 26.4 Å². The van der Waals surface area contributed by atoms with Crippen LogP contribution in [-0.2, 0) is 19.2 Å². The monoisotopic (exact) mass is 404 g/mol. The third-order valence-corrected chi connectivity index (χ3v) is 4.29. The summed E-state index contributed by atoms with van der Waals surface area (Å²) in [6, 6.07) is 0. The van der Waals surface area contributed by atoms with Crippen LogP contribution in [0.1, 0.15) is 6.92 Å². The number of carboxylic acids is 2. The molecule has 0 aromatic carbocycles. The van der Waals surface area contributed by atoms with Gasteiger partial charge in [0.15, 0.2) is 0 Å². The zero-order chi connectivity index (χ0) is 21.5. The molecular formula is C17H32N4O7. The number of carbonyl (C=O) groups excluding carboxylic acids is 2. The number of rotatable bonds is 7. The predicted molar refractivity (Wildman–Crippen MR) is 101 cm³/mol.